The van der Waals surface area contributed by atoms with Gasteiger partial charge >= 0.3 is 11.9 Å². The highest BCUT2D eigenvalue weighted by atomic mass is 16.5. The highest BCUT2D eigenvalue weighted by Crippen LogP contribution is 2.31. The molecule has 1 aliphatic carbocycles. The summed E-state index contributed by atoms with van der Waals surface area (Å²) in [6.07, 6.45) is 1.98. The predicted octanol–water partition coefficient (Wildman–Crippen LogP) is 2.20. The highest BCUT2D eigenvalue weighted by Gasteiger charge is 2.44. The summed E-state index contributed by atoms with van der Waals surface area (Å²) in [5.41, 5.74) is 0.916. The Balaban J connectivity index is 1.72. The Bertz CT molecular complexity index is 944. The van der Waals surface area contributed by atoms with Crippen molar-refractivity contribution in [2.24, 2.45) is 0 Å². The molecule has 8 heteroatoms. The fourth-order valence-electron chi connectivity index (χ4n) is 4.23. The van der Waals surface area contributed by atoms with Gasteiger partial charge in [0.05, 0.1) is 12.1 Å². The quantitative estimate of drug-likeness (QED) is 0.352. The Morgan fingerprint density at radius 2 is 1.53 bits per heavy atom. The Morgan fingerprint density at radius 1 is 0.941 bits per heavy atom. The molecule has 1 unspecified atom stereocenters. The number of carboxylic acid groups (broad SMARTS) is 1. The Morgan fingerprint density at radius 3 is 2.12 bits per heavy atom. The number of nitrogens with one attached hydrogen (secondary N) is 2. The van der Waals surface area contributed by atoms with Crippen LogP contribution in [0.5, 0.6) is 0 Å². The van der Waals surface area contributed by atoms with Crippen molar-refractivity contribution in [3.05, 3.63) is 71.8 Å². The van der Waals surface area contributed by atoms with Crippen LogP contribution in [0.25, 0.3) is 0 Å². The molecule has 0 bridgehead atoms. The largest absolute Gasteiger partial charge is 0.479 e. The van der Waals surface area contributed by atoms with Gasteiger partial charge in [0.15, 0.2) is 6.10 Å². The van der Waals surface area contributed by atoms with Crippen LogP contribution in [0.1, 0.15) is 43.2 Å². The molecule has 1 fully saturated rings. The lowest BCUT2D eigenvalue weighted by Crippen LogP contribution is -2.61. The van der Waals surface area contributed by atoms with Gasteiger partial charge in [-0.1, -0.05) is 73.5 Å². The molecule has 8 nitrogen and oxygen atoms in total. The van der Waals surface area contributed by atoms with Crippen LogP contribution in [0.3, 0.4) is 0 Å². The molecule has 0 spiro atoms. The van der Waals surface area contributed by atoms with E-state index in [1.807, 2.05) is 60.7 Å². The zero-order chi connectivity index (χ0) is 24.4. The molecule has 3 rings (SSSR count). The van der Waals surface area contributed by atoms with Crippen molar-refractivity contribution >= 4 is 17.8 Å². The maximum absolute atomic E-state index is 13.1. The first kappa shape index (κ1) is 25.4. The number of carboxylic acids is 1. The molecule has 0 aromatic heterocycles. The van der Waals surface area contributed by atoms with E-state index in [0.29, 0.717) is 25.7 Å². The van der Waals surface area contributed by atoms with E-state index in [1.54, 1.807) is 0 Å². The predicted molar refractivity (Wildman–Crippen MR) is 126 cm³/mol. The number of aliphatic hydroxyl groups is 1. The molecule has 0 saturated heterocycles. The maximum Gasteiger partial charge on any atom is 0.334 e. The van der Waals surface area contributed by atoms with Gasteiger partial charge in [-0.2, -0.15) is 0 Å². The van der Waals surface area contributed by atoms with Crippen molar-refractivity contribution in [1.82, 2.24) is 10.6 Å². The third-order valence-corrected chi connectivity index (χ3v) is 6.16. The summed E-state index contributed by atoms with van der Waals surface area (Å²) in [6.45, 7) is -0.266. The van der Waals surface area contributed by atoms with Crippen LogP contribution in [-0.2, 0) is 32.1 Å². The molecule has 2 atom stereocenters. The van der Waals surface area contributed by atoms with Crippen molar-refractivity contribution < 1.29 is 29.3 Å². The van der Waals surface area contributed by atoms with Crippen molar-refractivity contribution in [3.63, 3.8) is 0 Å². The van der Waals surface area contributed by atoms with E-state index >= 15 is 0 Å². The molecule has 1 aliphatic rings. The average Bonchev–Trinajstić information content (AvgIpc) is 3.34. The first-order valence-electron chi connectivity index (χ1n) is 11.6. The lowest BCUT2D eigenvalue weighted by Gasteiger charge is -2.33. The minimum absolute atomic E-state index is 0.132. The number of amides is 1. The summed E-state index contributed by atoms with van der Waals surface area (Å²) in [5, 5.41) is 24.3. The van der Waals surface area contributed by atoms with Gasteiger partial charge in [0, 0.05) is 0 Å². The minimum atomic E-state index is -1.69. The molecule has 1 amide bonds. The van der Waals surface area contributed by atoms with Crippen molar-refractivity contribution in [2.75, 3.05) is 6.54 Å². The number of aryl methyl sites for hydroxylation is 1. The minimum Gasteiger partial charge on any atom is -0.479 e. The van der Waals surface area contributed by atoms with Crippen molar-refractivity contribution in [2.45, 2.75) is 62.8 Å². The van der Waals surface area contributed by atoms with E-state index < -0.39 is 42.1 Å². The lowest BCUT2D eigenvalue weighted by atomic mass is 9.93. The van der Waals surface area contributed by atoms with Gasteiger partial charge in [-0.05, 0) is 36.8 Å². The second kappa shape index (κ2) is 12.3. The van der Waals surface area contributed by atoms with Gasteiger partial charge in [-0.25, -0.2) is 4.79 Å². The van der Waals surface area contributed by atoms with Crippen LogP contribution < -0.4 is 10.6 Å². The molecule has 1 saturated carbocycles. The number of rotatable bonds is 12. The zero-order valence-electron chi connectivity index (χ0n) is 19.1. The zero-order valence-corrected chi connectivity index (χ0v) is 19.1. The molecule has 2 aromatic carbocycles. The molecule has 2 aromatic rings. The lowest BCUT2D eigenvalue weighted by molar-refractivity contribution is -0.148. The summed E-state index contributed by atoms with van der Waals surface area (Å²) in [5.74, 6) is -2.26. The molecule has 0 heterocycles. The van der Waals surface area contributed by atoms with Gasteiger partial charge < -0.3 is 20.3 Å². The molecule has 0 aliphatic heterocycles. The maximum atomic E-state index is 13.1. The smallest absolute Gasteiger partial charge is 0.334 e. The summed E-state index contributed by atoms with van der Waals surface area (Å²) < 4.78 is 5.59. The van der Waals surface area contributed by atoms with Crippen molar-refractivity contribution in [3.8, 4) is 0 Å². The molecule has 0 radical (unpaired) electrons. The van der Waals surface area contributed by atoms with Crippen LogP contribution >= 0.6 is 0 Å². The number of hydrogen-bond acceptors (Lipinski definition) is 6. The van der Waals surface area contributed by atoms with E-state index in [-0.39, 0.29) is 6.61 Å². The highest BCUT2D eigenvalue weighted by molar-refractivity contribution is 5.88. The van der Waals surface area contributed by atoms with Crippen molar-refractivity contribution in [1.29, 1.82) is 0 Å². The van der Waals surface area contributed by atoms with E-state index in [0.717, 1.165) is 24.0 Å². The second-order valence-electron chi connectivity index (χ2n) is 8.67. The molecule has 182 valence electrons. The van der Waals surface area contributed by atoms with Crippen LogP contribution in [-0.4, -0.2) is 52.3 Å². The summed E-state index contributed by atoms with van der Waals surface area (Å²) >= 11 is 0. The standard InChI is InChI=1S/C26H32N2O6/c29-22(23(30)31)17-27-25(33)26(15-7-8-16-26)28-21(14-13-19-9-3-1-4-10-19)24(32)34-18-20-11-5-2-6-12-20/h1-6,9-12,21-22,28-29H,7-8,13-18H2,(H,27,33)(H,30,31)/t21?,22-/m0/s1. The number of aliphatic carboxylic acids is 1. The molecule has 4 N–H and O–H groups in total. The van der Waals surface area contributed by atoms with E-state index in [2.05, 4.69) is 10.6 Å². The first-order chi connectivity index (χ1) is 16.4. The number of carbonyl (C=O) groups excluding carboxylic acids is 2. The Labute approximate surface area is 199 Å². The van der Waals surface area contributed by atoms with E-state index in [4.69, 9.17) is 9.84 Å². The topological polar surface area (TPSA) is 125 Å². The van der Waals surface area contributed by atoms with E-state index in [9.17, 15) is 19.5 Å². The third kappa shape index (κ3) is 7.13. The Hall–Kier alpha value is -3.23. The second-order valence-corrected chi connectivity index (χ2v) is 8.67. The van der Waals surface area contributed by atoms with Gasteiger partial charge in [-0.3, -0.25) is 14.9 Å². The van der Waals surface area contributed by atoms with Crippen LogP contribution in [0.4, 0.5) is 0 Å². The van der Waals surface area contributed by atoms with Crippen LogP contribution in [0, 0.1) is 0 Å². The molecular formula is C26H32N2O6. The van der Waals surface area contributed by atoms with Gasteiger partial charge in [0.1, 0.15) is 12.6 Å². The monoisotopic (exact) mass is 468 g/mol. The number of esters is 1. The fraction of sp³-hybridized carbons (Fsp3) is 0.423. The van der Waals surface area contributed by atoms with Gasteiger partial charge in [0.2, 0.25) is 5.91 Å². The fourth-order valence-corrected chi connectivity index (χ4v) is 4.23. The van der Waals surface area contributed by atoms with E-state index in [1.165, 1.54) is 0 Å². The number of aliphatic hydroxyl groups excluding tert-OH is 1. The first-order valence-corrected chi connectivity index (χ1v) is 11.6. The van der Waals surface area contributed by atoms with Crippen LogP contribution in [0.15, 0.2) is 60.7 Å². The number of carbonyl (C=O) groups is 3. The van der Waals surface area contributed by atoms with Gasteiger partial charge in [-0.15, -0.1) is 0 Å². The summed E-state index contributed by atoms with van der Waals surface area (Å²) in [6, 6.07) is 18.4. The van der Waals surface area contributed by atoms with Gasteiger partial charge in [0.25, 0.3) is 0 Å². The number of hydrogen-bond donors (Lipinski definition) is 4. The number of benzene rings is 2. The molecule has 34 heavy (non-hydrogen) atoms. The summed E-state index contributed by atoms with van der Waals surface area (Å²) in [4.78, 5) is 37.1. The average molecular weight is 469 g/mol. The SMILES string of the molecule is O=C(OCc1ccccc1)C(CCc1ccccc1)NC1(C(=O)NC[C@H](O)C(=O)O)CCCC1. The third-order valence-electron chi connectivity index (χ3n) is 6.16. The summed E-state index contributed by atoms with van der Waals surface area (Å²) in [7, 11) is 0. The molecular weight excluding hydrogens is 436 g/mol. The Kier molecular flexibility index (Phi) is 9.18. The number of ether oxygens (including phenoxy) is 1. The van der Waals surface area contributed by atoms with Crippen LogP contribution in [0.2, 0.25) is 0 Å². The normalized spacial score (nSPS) is 16.4.